The van der Waals surface area contributed by atoms with Gasteiger partial charge in [-0.1, -0.05) is 6.92 Å². The molecule has 4 nitrogen and oxygen atoms in total. The van der Waals surface area contributed by atoms with E-state index in [9.17, 15) is 9.18 Å². The molecule has 2 aliphatic heterocycles. The number of aliphatic carboxylic acids is 1. The predicted molar refractivity (Wildman–Crippen MR) is 71.2 cm³/mol. The Labute approximate surface area is 117 Å². The number of fused-ring (bicyclic) bond motifs is 1. The molecule has 1 saturated heterocycles. The molecule has 108 valence electrons. The summed E-state index contributed by atoms with van der Waals surface area (Å²) in [6, 6.07) is 4.58. The zero-order chi connectivity index (χ0) is 14.3. The lowest BCUT2D eigenvalue weighted by molar-refractivity contribution is -0.142. The van der Waals surface area contributed by atoms with Gasteiger partial charge in [0.1, 0.15) is 17.7 Å². The molecule has 1 N–H and O–H groups in total. The number of ether oxygens (including phenoxy) is 1. The van der Waals surface area contributed by atoms with Crippen molar-refractivity contribution in [3.05, 3.63) is 29.6 Å². The van der Waals surface area contributed by atoms with E-state index < -0.39 is 5.97 Å². The number of carboxylic acid groups (broad SMARTS) is 1. The van der Waals surface area contributed by atoms with Crippen molar-refractivity contribution in [1.82, 2.24) is 4.90 Å². The van der Waals surface area contributed by atoms with Gasteiger partial charge in [0, 0.05) is 31.6 Å². The molecule has 1 unspecified atom stereocenters. The van der Waals surface area contributed by atoms with Crippen molar-refractivity contribution >= 4 is 5.97 Å². The summed E-state index contributed by atoms with van der Waals surface area (Å²) in [6.07, 6.45) is 0.682. The van der Waals surface area contributed by atoms with Gasteiger partial charge >= 0.3 is 5.97 Å². The van der Waals surface area contributed by atoms with E-state index in [0.717, 1.165) is 17.9 Å². The third-order valence-electron chi connectivity index (χ3n) is 4.23. The fourth-order valence-corrected chi connectivity index (χ4v) is 3.22. The van der Waals surface area contributed by atoms with E-state index in [1.54, 1.807) is 6.07 Å². The fraction of sp³-hybridized carbons (Fsp3) is 0.533. The van der Waals surface area contributed by atoms with Gasteiger partial charge in [-0.15, -0.1) is 0 Å². The molecule has 5 heteroatoms. The summed E-state index contributed by atoms with van der Waals surface area (Å²) >= 11 is 0. The van der Waals surface area contributed by atoms with Crippen LogP contribution in [0.5, 0.6) is 5.75 Å². The van der Waals surface area contributed by atoms with Gasteiger partial charge in [-0.2, -0.15) is 0 Å². The van der Waals surface area contributed by atoms with Crippen molar-refractivity contribution < 1.29 is 19.0 Å². The van der Waals surface area contributed by atoms with Crippen LogP contribution in [-0.4, -0.2) is 41.7 Å². The molecule has 0 aromatic heterocycles. The minimum absolute atomic E-state index is 0.00783. The summed E-state index contributed by atoms with van der Waals surface area (Å²) in [7, 11) is 0. The Kier molecular flexibility index (Phi) is 3.38. The maximum atomic E-state index is 13.2. The van der Waals surface area contributed by atoms with E-state index in [-0.39, 0.29) is 23.8 Å². The van der Waals surface area contributed by atoms with Crippen LogP contribution in [0.3, 0.4) is 0 Å². The van der Waals surface area contributed by atoms with Crippen molar-refractivity contribution in [2.24, 2.45) is 11.8 Å². The van der Waals surface area contributed by atoms with Gasteiger partial charge in [-0.3, -0.25) is 9.69 Å². The first kappa shape index (κ1) is 13.4. The lowest BCUT2D eigenvalue weighted by atomic mass is 9.99. The topological polar surface area (TPSA) is 49.8 Å². The highest BCUT2D eigenvalue weighted by molar-refractivity contribution is 5.71. The van der Waals surface area contributed by atoms with E-state index in [1.807, 2.05) is 6.92 Å². The van der Waals surface area contributed by atoms with Crippen LogP contribution in [0.25, 0.3) is 0 Å². The maximum absolute atomic E-state index is 13.2. The molecule has 2 aliphatic rings. The van der Waals surface area contributed by atoms with Crippen molar-refractivity contribution in [2.45, 2.75) is 19.4 Å². The van der Waals surface area contributed by atoms with Gasteiger partial charge in [0.25, 0.3) is 0 Å². The summed E-state index contributed by atoms with van der Waals surface area (Å²) in [5.74, 6) is -0.352. The Hall–Kier alpha value is -1.62. The number of rotatable bonds is 3. The highest BCUT2D eigenvalue weighted by atomic mass is 19.1. The van der Waals surface area contributed by atoms with Crippen LogP contribution in [0.2, 0.25) is 0 Å². The smallest absolute Gasteiger partial charge is 0.308 e. The molecule has 0 bridgehead atoms. The van der Waals surface area contributed by atoms with E-state index in [0.29, 0.717) is 19.5 Å². The third kappa shape index (κ3) is 2.50. The molecule has 3 rings (SSSR count). The SMILES string of the molecule is C[C@@H]1CN(CC2Cc3cc(F)ccc3O2)C[C@H]1C(=O)O. The second-order valence-electron chi connectivity index (χ2n) is 5.84. The first-order chi connectivity index (χ1) is 9.52. The Morgan fingerprint density at radius 3 is 3.00 bits per heavy atom. The highest BCUT2D eigenvalue weighted by Gasteiger charge is 2.36. The fourth-order valence-electron chi connectivity index (χ4n) is 3.22. The molecule has 0 radical (unpaired) electrons. The van der Waals surface area contributed by atoms with Gasteiger partial charge < -0.3 is 9.84 Å². The van der Waals surface area contributed by atoms with E-state index in [2.05, 4.69) is 4.90 Å². The molecule has 1 fully saturated rings. The van der Waals surface area contributed by atoms with Crippen molar-refractivity contribution in [3.63, 3.8) is 0 Å². The van der Waals surface area contributed by atoms with Crippen LogP contribution in [0.15, 0.2) is 18.2 Å². The number of hydrogen-bond acceptors (Lipinski definition) is 3. The highest BCUT2D eigenvalue weighted by Crippen LogP contribution is 2.31. The van der Waals surface area contributed by atoms with Gasteiger partial charge in [0.15, 0.2) is 0 Å². The summed E-state index contributed by atoms with van der Waals surface area (Å²) in [5, 5.41) is 9.14. The normalized spacial score (nSPS) is 29.2. The molecular formula is C15H18FNO3. The molecule has 1 aromatic carbocycles. The van der Waals surface area contributed by atoms with Crippen molar-refractivity contribution in [2.75, 3.05) is 19.6 Å². The molecule has 0 spiro atoms. The quantitative estimate of drug-likeness (QED) is 0.916. The summed E-state index contributed by atoms with van der Waals surface area (Å²) in [4.78, 5) is 13.2. The average molecular weight is 279 g/mol. The number of carbonyl (C=O) groups is 1. The van der Waals surface area contributed by atoms with Crippen LogP contribution < -0.4 is 4.74 Å². The number of likely N-dealkylation sites (tertiary alicyclic amines) is 1. The minimum atomic E-state index is -0.724. The molecular weight excluding hydrogens is 261 g/mol. The molecule has 20 heavy (non-hydrogen) atoms. The van der Waals surface area contributed by atoms with Crippen LogP contribution in [0.1, 0.15) is 12.5 Å². The van der Waals surface area contributed by atoms with Gasteiger partial charge in [0.2, 0.25) is 0 Å². The van der Waals surface area contributed by atoms with E-state index in [4.69, 9.17) is 9.84 Å². The zero-order valence-corrected chi connectivity index (χ0v) is 11.4. The number of benzene rings is 1. The van der Waals surface area contributed by atoms with E-state index in [1.165, 1.54) is 12.1 Å². The number of hydrogen-bond donors (Lipinski definition) is 1. The number of carboxylic acids is 1. The minimum Gasteiger partial charge on any atom is -0.488 e. The monoisotopic (exact) mass is 279 g/mol. The second-order valence-corrected chi connectivity index (χ2v) is 5.84. The lowest BCUT2D eigenvalue weighted by Crippen LogP contribution is -2.34. The summed E-state index contributed by atoms with van der Waals surface area (Å²) in [5.41, 5.74) is 0.900. The summed E-state index contributed by atoms with van der Waals surface area (Å²) < 4.78 is 19.0. The van der Waals surface area contributed by atoms with Crippen molar-refractivity contribution in [3.8, 4) is 5.75 Å². The number of halogens is 1. The summed E-state index contributed by atoms with van der Waals surface area (Å²) in [6.45, 7) is 4.02. The third-order valence-corrected chi connectivity index (χ3v) is 4.23. The standard InChI is InChI=1S/C15H18FNO3/c1-9-6-17(8-13(9)15(18)19)7-12-5-10-4-11(16)2-3-14(10)20-12/h2-4,9,12-13H,5-8H2,1H3,(H,18,19)/t9-,12?,13-/m1/s1. The first-order valence-electron chi connectivity index (χ1n) is 6.93. The lowest BCUT2D eigenvalue weighted by Gasteiger charge is -2.19. The van der Waals surface area contributed by atoms with Crippen LogP contribution >= 0.6 is 0 Å². The average Bonchev–Trinajstić information content (AvgIpc) is 2.92. The van der Waals surface area contributed by atoms with Gasteiger partial charge in [0.05, 0.1) is 5.92 Å². The maximum Gasteiger partial charge on any atom is 0.308 e. The molecule has 0 aliphatic carbocycles. The molecule has 1 aromatic rings. The van der Waals surface area contributed by atoms with Crippen molar-refractivity contribution in [1.29, 1.82) is 0 Å². The first-order valence-corrected chi connectivity index (χ1v) is 6.93. The van der Waals surface area contributed by atoms with E-state index >= 15 is 0 Å². The van der Waals surface area contributed by atoms with Gasteiger partial charge in [-0.25, -0.2) is 4.39 Å². The largest absolute Gasteiger partial charge is 0.488 e. The molecule has 3 atom stereocenters. The Morgan fingerprint density at radius 1 is 1.50 bits per heavy atom. The Bertz CT molecular complexity index is 534. The zero-order valence-electron chi connectivity index (χ0n) is 11.4. The number of nitrogens with zero attached hydrogens (tertiary/aromatic N) is 1. The van der Waals surface area contributed by atoms with Crippen LogP contribution in [0.4, 0.5) is 4.39 Å². The van der Waals surface area contributed by atoms with Gasteiger partial charge in [-0.05, 0) is 24.1 Å². The molecule has 0 saturated carbocycles. The van der Waals surface area contributed by atoms with Crippen LogP contribution in [0, 0.1) is 17.7 Å². The van der Waals surface area contributed by atoms with Crippen LogP contribution in [-0.2, 0) is 11.2 Å². The Morgan fingerprint density at radius 2 is 2.30 bits per heavy atom. The molecule has 2 heterocycles. The molecule has 0 amide bonds. The Balaban J connectivity index is 1.60. The predicted octanol–water partition coefficient (Wildman–Crippen LogP) is 1.78. The second kappa shape index (κ2) is 5.05.